The molecule has 1 aliphatic heterocycles. The summed E-state index contributed by atoms with van der Waals surface area (Å²) >= 11 is 0. The highest BCUT2D eigenvalue weighted by molar-refractivity contribution is 5.94. The Bertz CT molecular complexity index is 416. The molecule has 1 aliphatic rings. The summed E-state index contributed by atoms with van der Waals surface area (Å²) in [4.78, 5) is 14.1. The van der Waals surface area contributed by atoms with Crippen LogP contribution in [-0.4, -0.2) is 41.7 Å². The van der Waals surface area contributed by atoms with E-state index in [0.29, 0.717) is 12.2 Å². The van der Waals surface area contributed by atoms with E-state index in [9.17, 15) is 9.90 Å². The third-order valence-corrected chi connectivity index (χ3v) is 3.42. The van der Waals surface area contributed by atoms with Crippen molar-refractivity contribution in [2.24, 2.45) is 0 Å². The van der Waals surface area contributed by atoms with Crippen molar-refractivity contribution in [2.75, 3.05) is 19.8 Å². The summed E-state index contributed by atoms with van der Waals surface area (Å²) in [5.41, 5.74) is 0.657. The number of likely N-dealkylation sites (tertiary alicyclic amines) is 1. The molecule has 1 aromatic rings. The minimum atomic E-state index is -0.0245. The molecule has 19 heavy (non-hydrogen) atoms. The van der Waals surface area contributed by atoms with Gasteiger partial charge >= 0.3 is 0 Å². The summed E-state index contributed by atoms with van der Waals surface area (Å²) in [5, 5.41) is 9.26. The van der Waals surface area contributed by atoms with E-state index >= 15 is 0 Å². The van der Waals surface area contributed by atoms with Gasteiger partial charge in [0.1, 0.15) is 5.75 Å². The van der Waals surface area contributed by atoms with Crippen LogP contribution < -0.4 is 4.74 Å². The van der Waals surface area contributed by atoms with E-state index in [2.05, 4.69) is 6.92 Å². The molecule has 1 atom stereocenters. The number of nitrogens with zero attached hydrogens (tertiary/aromatic N) is 1. The minimum absolute atomic E-state index is 0.00130. The van der Waals surface area contributed by atoms with Gasteiger partial charge in [0, 0.05) is 12.1 Å². The van der Waals surface area contributed by atoms with Gasteiger partial charge in [-0.15, -0.1) is 0 Å². The van der Waals surface area contributed by atoms with Gasteiger partial charge in [-0.05, 0) is 43.5 Å². The molecular weight excluding hydrogens is 242 g/mol. The molecule has 1 fully saturated rings. The highest BCUT2D eigenvalue weighted by atomic mass is 16.5. The maximum Gasteiger partial charge on any atom is 0.254 e. The highest BCUT2D eigenvalue weighted by Crippen LogP contribution is 2.21. The second-order valence-electron chi connectivity index (χ2n) is 4.85. The van der Waals surface area contributed by atoms with Crippen LogP contribution in [-0.2, 0) is 0 Å². The smallest absolute Gasteiger partial charge is 0.254 e. The number of carbonyl (C=O) groups excluding carboxylic acids is 1. The number of rotatable bonds is 5. The Morgan fingerprint density at radius 3 is 2.79 bits per heavy atom. The summed E-state index contributed by atoms with van der Waals surface area (Å²) in [5.74, 6) is 0.789. The summed E-state index contributed by atoms with van der Waals surface area (Å²) in [6, 6.07) is 7.21. The number of hydrogen-bond acceptors (Lipinski definition) is 3. The Morgan fingerprint density at radius 2 is 2.16 bits per heavy atom. The standard InChI is InChI=1S/C15H21NO3/c1-2-10-19-14-7-5-12(6-8-14)15(18)16-9-3-4-13(16)11-17/h5-8,13,17H,2-4,9-11H2,1H3. The molecule has 1 aromatic carbocycles. The Kier molecular flexibility index (Phi) is 4.80. The summed E-state index contributed by atoms with van der Waals surface area (Å²) in [7, 11) is 0. The van der Waals surface area contributed by atoms with Crippen molar-refractivity contribution in [2.45, 2.75) is 32.2 Å². The van der Waals surface area contributed by atoms with Crippen LogP contribution in [0.25, 0.3) is 0 Å². The Hall–Kier alpha value is -1.55. The molecule has 1 saturated heterocycles. The average Bonchev–Trinajstić information content (AvgIpc) is 2.93. The number of hydrogen-bond donors (Lipinski definition) is 1. The first-order chi connectivity index (χ1) is 9.26. The van der Waals surface area contributed by atoms with E-state index in [0.717, 1.165) is 31.6 Å². The maximum absolute atomic E-state index is 12.3. The number of aliphatic hydroxyl groups is 1. The van der Waals surface area contributed by atoms with Crippen LogP contribution in [0, 0.1) is 0 Å². The van der Waals surface area contributed by atoms with Gasteiger partial charge < -0.3 is 14.7 Å². The molecule has 0 bridgehead atoms. The number of aliphatic hydroxyl groups excluding tert-OH is 1. The van der Waals surface area contributed by atoms with E-state index in [4.69, 9.17) is 4.74 Å². The maximum atomic E-state index is 12.3. The van der Waals surface area contributed by atoms with Gasteiger partial charge in [-0.3, -0.25) is 4.79 Å². The first-order valence-corrected chi connectivity index (χ1v) is 6.91. The molecule has 0 radical (unpaired) electrons. The predicted octanol–water partition coefficient (Wildman–Crippen LogP) is 2.07. The molecule has 0 spiro atoms. The number of amides is 1. The summed E-state index contributed by atoms with van der Waals surface area (Å²) < 4.78 is 5.49. The molecule has 4 nitrogen and oxygen atoms in total. The molecule has 1 amide bonds. The van der Waals surface area contributed by atoms with E-state index in [1.165, 1.54) is 0 Å². The topological polar surface area (TPSA) is 49.8 Å². The fourth-order valence-corrected chi connectivity index (χ4v) is 2.37. The van der Waals surface area contributed by atoms with Crippen LogP contribution in [0.15, 0.2) is 24.3 Å². The van der Waals surface area contributed by atoms with Crippen LogP contribution in [0.2, 0.25) is 0 Å². The van der Waals surface area contributed by atoms with Crippen LogP contribution in [0.5, 0.6) is 5.75 Å². The average molecular weight is 263 g/mol. The third-order valence-electron chi connectivity index (χ3n) is 3.42. The molecule has 1 N–H and O–H groups in total. The summed E-state index contributed by atoms with van der Waals surface area (Å²) in [6.45, 7) is 3.52. The van der Waals surface area contributed by atoms with Crippen molar-refractivity contribution in [3.05, 3.63) is 29.8 Å². The fraction of sp³-hybridized carbons (Fsp3) is 0.533. The molecular formula is C15H21NO3. The van der Waals surface area contributed by atoms with Crippen molar-refractivity contribution in [3.8, 4) is 5.75 Å². The lowest BCUT2D eigenvalue weighted by Gasteiger charge is -2.23. The second kappa shape index (κ2) is 6.57. The van der Waals surface area contributed by atoms with Gasteiger partial charge in [-0.1, -0.05) is 6.92 Å². The zero-order valence-electron chi connectivity index (χ0n) is 11.3. The molecule has 104 valence electrons. The molecule has 1 unspecified atom stereocenters. The first kappa shape index (κ1) is 13.9. The minimum Gasteiger partial charge on any atom is -0.494 e. The largest absolute Gasteiger partial charge is 0.494 e. The van der Waals surface area contributed by atoms with Gasteiger partial charge in [-0.25, -0.2) is 0 Å². The lowest BCUT2D eigenvalue weighted by molar-refractivity contribution is 0.0677. The lowest BCUT2D eigenvalue weighted by atomic mass is 10.1. The summed E-state index contributed by atoms with van der Waals surface area (Å²) in [6.07, 6.45) is 2.82. The fourth-order valence-electron chi connectivity index (χ4n) is 2.37. The van der Waals surface area contributed by atoms with Gasteiger partial charge in [0.05, 0.1) is 19.3 Å². The Balaban J connectivity index is 2.03. The highest BCUT2D eigenvalue weighted by Gasteiger charge is 2.28. The van der Waals surface area contributed by atoms with E-state index in [1.807, 2.05) is 12.1 Å². The van der Waals surface area contributed by atoms with Gasteiger partial charge in [0.25, 0.3) is 5.91 Å². The van der Waals surface area contributed by atoms with Crippen LogP contribution in [0.4, 0.5) is 0 Å². The van der Waals surface area contributed by atoms with E-state index in [1.54, 1.807) is 17.0 Å². The Morgan fingerprint density at radius 1 is 1.42 bits per heavy atom. The van der Waals surface area contributed by atoms with Crippen molar-refractivity contribution in [1.29, 1.82) is 0 Å². The normalized spacial score (nSPS) is 18.6. The van der Waals surface area contributed by atoms with Crippen molar-refractivity contribution < 1.29 is 14.6 Å². The monoisotopic (exact) mass is 263 g/mol. The van der Waals surface area contributed by atoms with Crippen LogP contribution in [0.1, 0.15) is 36.5 Å². The SMILES string of the molecule is CCCOc1ccc(C(=O)N2CCCC2CO)cc1. The third kappa shape index (κ3) is 3.26. The lowest BCUT2D eigenvalue weighted by Crippen LogP contribution is -2.37. The zero-order chi connectivity index (χ0) is 13.7. The van der Waals surface area contributed by atoms with E-state index in [-0.39, 0.29) is 18.6 Å². The number of benzene rings is 1. The van der Waals surface area contributed by atoms with Crippen molar-refractivity contribution >= 4 is 5.91 Å². The molecule has 0 saturated carbocycles. The van der Waals surface area contributed by atoms with Gasteiger partial charge in [-0.2, -0.15) is 0 Å². The predicted molar refractivity (Wildman–Crippen MR) is 73.4 cm³/mol. The van der Waals surface area contributed by atoms with E-state index < -0.39 is 0 Å². The first-order valence-electron chi connectivity index (χ1n) is 6.91. The second-order valence-corrected chi connectivity index (χ2v) is 4.85. The zero-order valence-corrected chi connectivity index (χ0v) is 11.3. The van der Waals surface area contributed by atoms with Crippen LogP contribution >= 0.6 is 0 Å². The van der Waals surface area contributed by atoms with Crippen molar-refractivity contribution in [3.63, 3.8) is 0 Å². The molecule has 2 rings (SSSR count). The quantitative estimate of drug-likeness (QED) is 0.884. The molecule has 0 aromatic heterocycles. The number of carbonyl (C=O) groups is 1. The molecule has 0 aliphatic carbocycles. The van der Waals surface area contributed by atoms with Gasteiger partial charge in [0.2, 0.25) is 0 Å². The molecule has 4 heteroatoms. The van der Waals surface area contributed by atoms with Crippen molar-refractivity contribution in [1.82, 2.24) is 4.90 Å². The molecule has 1 heterocycles. The Labute approximate surface area is 114 Å². The van der Waals surface area contributed by atoms with Gasteiger partial charge in [0.15, 0.2) is 0 Å². The number of ether oxygens (including phenoxy) is 1. The van der Waals surface area contributed by atoms with Crippen LogP contribution in [0.3, 0.4) is 0 Å².